The van der Waals surface area contributed by atoms with Gasteiger partial charge in [0.2, 0.25) is 0 Å². The van der Waals surface area contributed by atoms with Crippen LogP contribution in [-0.2, 0) is 4.74 Å². The molecule has 0 aliphatic carbocycles. The number of amides is 1. The number of nitriles is 1. The molecule has 0 saturated heterocycles. The Balaban J connectivity index is 2.05. The number of nitrogens with zero attached hydrogens (tertiary/aromatic N) is 1. The van der Waals surface area contributed by atoms with Crippen LogP contribution < -0.4 is 5.32 Å². The first-order chi connectivity index (χ1) is 10.6. The summed E-state index contributed by atoms with van der Waals surface area (Å²) in [5, 5.41) is 11.4. The highest BCUT2D eigenvalue weighted by molar-refractivity contribution is 6.04. The molecule has 5 nitrogen and oxygen atoms in total. The minimum absolute atomic E-state index is 0.284. The number of ether oxygens (including phenoxy) is 1. The fourth-order valence-electron chi connectivity index (χ4n) is 1.80. The second-order valence-corrected chi connectivity index (χ2v) is 4.44. The van der Waals surface area contributed by atoms with Gasteiger partial charge in [0, 0.05) is 11.3 Å². The lowest BCUT2D eigenvalue weighted by atomic mass is 10.1. The standard InChI is InChI=1S/C17H14N2O3/c1-2-22-17(21)14-7-9-15(10-8-14)19-16(20)13-5-3-12(11-18)4-6-13/h3-10H,2H2,1H3,(H,19,20). The maximum atomic E-state index is 12.0. The second kappa shape index (κ2) is 7.04. The zero-order valence-electron chi connectivity index (χ0n) is 12.0. The zero-order valence-corrected chi connectivity index (χ0v) is 12.0. The Labute approximate surface area is 128 Å². The maximum absolute atomic E-state index is 12.0. The van der Waals surface area contributed by atoms with E-state index in [2.05, 4.69) is 5.32 Å². The summed E-state index contributed by atoms with van der Waals surface area (Å²) in [5.41, 5.74) is 1.95. The van der Waals surface area contributed by atoms with E-state index in [-0.39, 0.29) is 5.91 Å². The Hall–Kier alpha value is -3.13. The highest BCUT2D eigenvalue weighted by atomic mass is 16.5. The van der Waals surface area contributed by atoms with Crippen molar-refractivity contribution in [3.63, 3.8) is 0 Å². The van der Waals surface area contributed by atoms with Crippen LogP contribution in [0.2, 0.25) is 0 Å². The van der Waals surface area contributed by atoms with Crippen LogP contribution >= 0.6 is 0 Å². The van der Waals surface area contributed by atoms with Crippen LogP contribution in [0.3, 0.4) is 0 Å². The lowest BCUT2D eigenvalue weighted by molar-refractivity contribution is 0.0526. The number of rotatable bonds is 4. The third-order valence-electron chi connectivity index (χ3n) is 2.93. The van der Waals surface area contributed by atoms with E-state index in [1.807, 2.05) is 6.07 Å². The summed E-state index contributed by atoms with van der Waals surface area (Å²) >= 11 is 0. The molecule has 1 N–H and O–H groups in total. The molecule has 0 fully saturated rings. The molecule has 0 unspecified atom stereocenters. The molecule has 0 saturated carbocycles. The first-order valence-electron chi connectivity index (χ1n) is 6.72. The van der Waals surface area contributed by atoms with Gasteiger partial charge >= 0.3 is 5.97 Å². The van der Waals surface area contributed by atoms with Crippen LogP contribution in [0.25, 0.3) is 0 Å². The highest BCUT2D eigenvalue weighted by Gasteiger charge is 2.08. The number of esters is 1. The van der Waals surface area contributed by atoms with Gasteiger partial charge in [-0.25, -0.2) is 4.79 Å². The largest absolute Gasteiger partial charge is 0.462 e. The van der Waals surface area contributed by atoms with Gasteiger partial charge < -0.3 is 10.1 Å². The summed E-state index contributed by atoms with van der Waals surface area (Å²) in [6.45, 7) is 2.06. The third-order valence-corrected chi connectivity index (χ3v) is 2.93. The van der Waals surface area contributed by atoms with Gasteiger partial charge in [-0.1, -0.05) is 0 Å². The Bertz CT molecular complexity index is 713. The summed E-state index contributed by atoms with van der Waals surface area (Å²) in [4.78, 5) is 23.6. The van der Waals surface area contributed by atoms with Gasteiger partial charge in [-0.15, -0.1) is 0 Å². The number of benzene rings is 2. The Kier molecular flexibility index (Phi) is 4.89. The van der Waals surface area contributed by atoms with Gasteiger partial charge in [-0.05, 0) is 55.5 Å². The van der Waals surface area contributed by atoms with Gasteiger partial charge in [-0.3, -0.25) is 4.79 Å². The minimum atomic E-state index is -0.396. The average Bonchev–Trinajstić information content (AvgIpc) is 2.55. The van der Waals surface area contributed by atoms with E-state index < -0.39 is 5.97 Å². The summed E-state index contributed by atoms with van der Waals surface area (Å²) in [7, 11) is 0. The van der Waals surface area contributed by atoms with Crippen molar-refractivity contribution < 1.29 is 14.3 Å². The highest BCUT2D eigenvalue weighted by Crippen LogP contribution is 2.13. The molecule has 0 bridgehead atoms. The molecule has 0 aromatic heterocycles. The molecule has 2 rings (SSSR count). The quantitative estimate of drug-likeness (QED) is 0.879. The average molecular weight is 294 g/mol. The van der Waals surface area contributed by atoms with E-state index in [1.165, 1.54) is 0 Å². The van der Waals surface area contributed by atoms with Crippen molar-refractivity contribution in [1.29, 1.82) is 5.26 Å². The molecule has 2 aromatic rings. The smallest absolute Gasteiger partial charge is 0.338 e. The van der Waals surface area contributed by atoms with E-state index in [9.17, 15) is 9.59 Å². The molecular formula is C17H14N2O3. The predicted molar refractivity (Wildman–Crippen MR) is 81.5 cm³/mol. The fraction of sp³-hybridized carbons (Fsp3) is 0.118. The molecular weight excluding hydrogens is 280 g/mol. The van der Waals surface area contributed by atoms with Gasteiger partial charge in [0.05, 0.1) is 23.8 Å². The van der Waals surface area contributed by atoms with Crippen molar-refractivity contribution in [2.45, 2.75) is 6.92 Å². The van der Waals surface area contributed by atoms with Crippen LogP contribution in [0.4, 0.5) is 5.69 Å². The molecule has 0 aliphatic rings. The zero-order chi connectivity index (χ0) is 15.9. The SMILES string of the molecule is CCOC(=O)c1ccc(NC(=O)c2ccc(C#N)cc2)cc1. The number of carbonyl (C=O) groups is 2. The predicted octanol–water partition coefficient (Wildman–Crippen LogP) is 2.99. The van der Waals surface area contributed by atoms with Crippen molar-refractivity contribution in [2.75, 3.05) is 11.9 Å². The number of nitrogens with one attached hydrogen (secondary N) is 1. The van der Waals surface area contributed by atoms with E-state index in [4.69, 9.17) is 10.00 Å². The lowest BCUT2D eigenvalue weighted by Crippen LogP contribution is -2.12. The summed E-state index contributed by atoms with van der Waals surface area (Å²) in [6.07, 6.45) is 0. The summed E-state index contributed by atoms with van der Waals surface area (Å²) in [5.74, 6) is -0.680. The first kappa shape index (κ1) is 15.3. The number of carbonyl (C=O) groups excluding carboxylic acids is 2. The fourth-order valence-corrected chi connectivity index (χ4v) is 1.80. The monoisotopic (exact) mass is 294 g/mol. The molecule has 5 heteroatoms. The van der Waals surface area contributed by atoms with Gasteiger partial charge in [0.25, 0.3) is 5.91 Å². The van der Waals surface area contributed by atoms with Crippen LogP contribution in [0.5, 0.6) is 0 Å². The molecule has 0 radical (unpaired) electrons. The number of anilines is 1. The Morgan fingerprint density at radius 1 is 1.05 bits per heavy atom. The molecule has 1 amide bonds. The van der Waals surface area contributed by atoms with E-state index in [0.29, 0.717) is 29.0 Å². The Morgan fingerprint density at radius 3 is 2.18 bits per heavy atom. The second-order valence-electron chi connectivity index (χ2n) is 4.44. The van der Waals surface area contributed by atoms with E-state index >= 15 is 0 Å². The van der Waals surface area contributed by atoms with Crippen molar-refractivity contribution >= 4 is 17.6 Å². The first-order valence-corrected chi connectivity index (χ1v) is 6.72. The Morgan fingerprint density at radius 2 is 1.64 bits per heavy atom. The lowest BCUT2D eigenvalue weighted by Gasteiger charge is -2.06. The van der Waals surface area contributed by atoms with Crippen molar-refractivity contribution in [2.24, 2.45) is 0 Å². The third kappa shape index (κ3) is 3.70. The topological polar surface area (TPSA) is 79.2 Å². The van der Waals surface area contributed by atoms with Crippen LogP contribution in [0.15, 0.2) is 48.5 Å². The van der Waals surface area contributed by atoms with Gasteiger partial charge in [0.15, 0.2) is 0 Å². The molecule has 0 aliphatic heterocycles. The molecule has 2 aromatic carbocycles. The van der Waals surface area contributed by atoms with E-state index in [1.54, 1.807) is 55.5 Å². The van der Waals surface area contributed by atoms with Crippen molar-refractivity contribution in [1.82, 2.24) is 0 Å². The summed E-state index contributed by atoms with van der Waals surface area (Å²) < 4.78 is 4.89. The van der Waals surface area contributed by atoms with Gasteiger partial charge in [-0.2, -0.15) is 5.26 Å². The molecule has 0 atom stereocenters. The number of hydrogen-bond acceptors (Lipinski definition) is 4. The van der Waals surface area contributed by atoms with Crippen LogP contribution in [-0.4, -0.2) is 18.5 Å². The minimum Gasteiger partial charge on any atom is -0.462 e. The maximum Gasteiger partial charge on any atom is 0.338 e. The van der Waals surface area contributed by atoms with Crippen LogP contribution in [0.1, 0.15) is 33.2 Å². The van der Waals surface area contributed by atoms with E-state index in [0.717, 1.165) is 0 Å². The molecule has 110 valence electrons. The van der Waals surface area contributed by atoms with Crippen molar-refractivity contribution in [3.05, 3.63) is 65.2 Å². The number of hydrogen-bond donors (Lipinski definition) is 1. The van der Waals surface area contributed by atoms with Gasteiger partial charge in [0.1, 0.15) is 0 Å². The van der Waals surface area contributed by atoms with Crippen molar-refractivity contribution in [3.8, 4) is 6.07 Å². The normalized spacial score (nSPS) is 9.64. The molecule has 22 heavy (non-hydrogen) atoms. The molecule has 0 spiro atoms. The van der Waals surface area contributed by atoms with Crippen LogP contribution in [0, 0.1) is 11.3 Å². The summed E-state index contributed by atoms with van der Waals surface area (Å²) in [6, 6.07) is 14.8. The molecule has 0 heterocycles.